The second kappa shape index (κ2) is 7.84. The van der Waals surface area contributed by atoms with Gasteiger partial charge in [-0.25, -0.2) is 13.4 Å². The SMILES string of the molecule is CNC1CC(n2ccc3cc(N4CCN(c5ccc(S(C)(=O)=O)cc5)CC4)cnc32)C1. The minimum atomic E-state index is -3.16. The van der Waals surface area contributed by atoms with Crippen molar-refractivity contribution in [3.63, 3.8) is 0 Å². The molecule has 8 heteroatoms. The summed E-state index contributed by atoms with van der Waals surface area (Å²) in [6.45, 7) is 3.61. The summed E-state index contributed by atoms with van der Waals surface area (Å²) in [5.74, 6) is 0. The lowest BCUT2D eigenvalue weighted by Gasteiger charge is -2.37. The van der Waals surface area contributed by atoms with E-state index in [4.69, 9.17) is 4.98 Å². The monoisotopic (exact) mass is 439 g/mol. The number of sulfone groups is 1. The van der Waals surface area contributed by atoms with Gasteiger partial charge in [-0.15, -0.1) is 0 Å². The van der Waals surface area contributed by atoms with Crippen LogP contribution >= 0.6 is 0 Å². The molecule has 0 unspecified atom stereocenters. The fourth-order valence-electron chi connectivity index (χ4n) is 4.68. The summed E-state index contributed by atoms with van der Waals surface area (Å²) in [7, 11) is -1.13. The second-order valence-corrected chi connectivity index (χ2v) is 10.7. The molecule has 1 saturated heterocycles. The summed E-state index contributed by atoms with van der Waals surface area (Å²) in [6.07, 6.45) is 7.75. The first-order valence-corrected chi connectivity index (χ1v) is 12.8. The van der Waals surface area contributed by atoms with Crippen LogP contribution in [-0.2, 0) is 9.84 Å². The zero-order valence-corrected chi connectivity index (χ0v) is 18.8. The van der Waals surface area contributed by atoms with Crippen LogP contribution in [0.25, 0.3) is 11.0 Å². The van der Waals surface area contributed by atoms with Crippen molar-refractivity contribution in [1.29, 1.82) is 0 Å². The molecule has 0 spiro atoms. The van der Waals surface area contributed by atoms with E-state index in [9.17, 15) is 8.42 Å². The smallest absolute Gasteiger partial charge is 0.175 e. The molecule has 0 amide bonds. The van der Waals surface area contributed by atoms with Crippen molar-refractivity contribution in [2.75, 3.05) is 49.3 Å². The number of rotatable bonds is 5. The number of nitrogens with zero attached hydrogens (tertiary/aromatic N) is 4. The van der Waals surface area contributed by atoms with Gasteiger partial charge >= 0.3 is 0 Å². The maximum absolute atomic E-state index is 11.7. The summed E-state index contributed by atoms with van der Waals surface area (Å²) in [5, 5.41) is 4.55. The molecule has 0 bridgehead atoms. The number of nitrogens with one attached hydrogen (secondary N) is 1. The Bertz CT molecular complexity index is 1170. The summed E-state index contributed by atoms with van der Waals surface area (Å²) < 4.78 is 25.7. The van der Waals surface area contributed by atoms with E-state index in [1.54, 1.807) is 12.1 Å². The molecule has 1 saturated carbocycles. The van der Waals surface area contributed by atoms with Crippen LogP contribution in [0.1, 0.15) is 18.9 Å². The molecule has 2 fully saturated rings. The number of hydrogen-bond donors (Lipinski definition) is 1. The van der Waals surface area contributed by atoms with E-state index in [1.165, 1.54) is 17.3 Å². The van der Waals surface area contributed by atoms with Crippen LogP contribution in [0.15, 0.2) is 53.7 Å². The molecule has 7 nitrogen and oxygen atoms in total. The molecule has 164 valence electrons. The number of pyridine rings is 1. The van der Waals surface area contributed by atoms with E-state index >= 15 is 0 Å². The first kappa shape index (κ1) is 20.3. The van der Waals surface area contributed by atoms with Gasteiger partial charge in [0.25, 0.3) is 0 Å². The molecule has 0 radical (unpaired) electrons. The number of aromatic nitrogens is 2. The van der Waals surface area contributed by atoms with Crippen molar-refractivity contribution in [2.45, 2.75) is 29.8 Å². The Labute approximate surface area is 183 Å². The molecule has 3 heterocycles. The number of benzene rings is 1. The topological polar surface area (TPSA) is 70.5 Å². The number of hydrogen-bond acceptors (Lipinski definition) is 6. The fourth-order valence-corrected chi connectivity index (χ4v) is 5.31. The second-order valence-electron chi connectivity index (χ2n) is 8.68. The third-order valence-corrected chi connectivity index (χ3v) is 7.86. The molecular weight excluding hydrogens is 410 g/mol. The normalized spacial score (nSPS) is 22.0. The van der Waals surface area contributed by atoms with Crippen molar-refractivity contribution < 1.29 is 8.42 Å². The van der Waals surface area contributed by atoms with Crippen LogP contribution in [-0.4, -0.2) is 63.5 Å². The molecule has 1 N–H and O–H groups in total. The highest BCUT2D eigenvalue weighted by Gasteiger charge is 2.30. The summed E-state index contributed by atoms with van der Waals surface area (Å²) in [6, 6.07) is 12.8. The predicted octanol–water partition coefficient (Wildman–Crippen LogP) is 2.69. The van der Waals surface area contributed by atoms with Crippen LogP contribution in [0.3, 0.4) is 0 Å². The van der Waals surface area contributed by atoms with Gasteiger partial charge in [0.1, 0.15) is 5.65 Å². The van der Waals surface area contributed by atoms with Gasteiger partial charge in [0, 0.05) is 61.8 Å². The molecule has 1 aliphatic heterocycles. The zero-order valence-electron chi connectivity index (χ0n) is 18.0. The highest BCUT2D eigenvalue weighted by molar-refractivity contribution is 7.90. The quantitative estimate of drug-likeness (QED) is 0.659. The standard InChI is InChI=1S/C23H29N5O2S/c1-24-18-14-20(15-18)28-8-7-17-13-21(16-25-23(17)28)27-11-9-26(10-12-27)19-3-5-22(6-4-19)31(2,29)30/h3-8,13,16,18,20,24H,9-12,14-15H2,1-2H3. The molecular formula is C23H29N5O2S. The Kier molecular flexibility index (Phi) is 5.14. The van der Waals surface area contributed by atoms with E-state index in [1.807, 2.05) is 25.4 Å². The van der Waals surface area contributed by atoms with E-state index in [-0.39, 0.29) is 0 Å². The van der Waals surface area contributed by atoms with Gasteiger partial charge in [-0.3, -0.25) is 0 Å². The largest absolute Gasteiger partial charge is 0.368 e. The van der Waals surface area contributed by atoms with Crippen molar-refractivity contribution in [3.8, 4) is 0 Å². The molecule has 1 aromatic carbocycles. The minimum absolute atomic E-state index is 0.365. The highest BCUT2D eigenvalue weighted by Crippen LogP contribution is 2.35. The average molecular weight is 440 g/mol. The Morgan fingerprint density at radius 2 is 1.61 bits per heavy atom. The third kappa shape index (κ3) is 3.90. The van der Waals surface area contributed by atoms with Crippen LogP contribution in [0.4, 0.5) is 11.4 Å². The molecule has 2 aliphatic rings. The molecule has 3 aromatic rings. The Morgan fingerprint density at radius 1 is 0.968 bits per heavy atom. The third-order valence-electron chi connectivity index (χ3n) is 6.73. The summed E-state index contributed by atoms with van der Waals surface area (Å²) in [4.78, 5) is 9.86. The molecule has 2 aromatic heterocycles. The molecule has 0 atom stereocenters. The van der Waals surface area contributed by atoms with Gasteiger partial charge in [0.15, 0.2) is 9.84 Å². The maximum Gasteiger partial charge on any atom is 0.175 e. The number of fused-ring (bicyclic) bond motifs is 1. The number of piperazine rings is 1. The molecule has 1 aliphatic carbocycles. The van der Waals surface area contributed by atoms with E-state index in [0.717, 1.165) is 50.4 Å². The lowest BCUT2D eigenvalue weighted by atomic mass is 9.87. The van der Waals surface area contributed by atoms with Gasteiger partial charge in [-0.05, 0) is 56.3 Å². The Balaban J connectivity index is 1.25. The first-order valence-electron chi connectivity index (χ1n) is 10.9. The van der Waals surface area contributed by atoms with Crippen molar-refractivity contribution in [1.82, 2.24) is 14.9 Å². The van der Waals surface area contributed by atoms with E-state index < -0.39 is 9.84 Å². The Hall–Kier alpha value is -2.58. The lowest BCUT2D eigenvalue weighted by Crippen LogP contribution is -2.46. The highest BCUT2D eigenvalue weighted by atomic mass is 32.2. The van der Waals surface area contributed by atoms with Crippen LogP contribution in [0.2, 0.25) is 0 Å². The van der Waals surface area contributed by atoms with Gasteiger partial charge in [0.2, 0.25) is 0 Å². The number of anilines is 2. The average Bonchev–Trinajstić information content (AvgIpc) is 3.16. The van der Waals surface area contributed by atoms with E-state index in [2.05, 4.69) is 38.0 Å². The summed E-state index contributed by atoms with van der Waals surface area (Å²) >= 11 is 0. The van der Waals surface area contributed by atoms with Crippen LogP contribution in [0, 0.1) is 0 Å². The van der Waals surface area contributed by atoms with Crippen LogP contribution < -0.4 is 15.1 Å². The first-order chi connectivity index (χ1) is 14.9. The van der Waals surface area contributed by atoms with Gasteiger partial charge in [-0.2, -0.15) is 0 Å². The molecule has 31 heavy (non-hydrogen) atoms. The van der Waals surface area contributed by atoms with Gasteiger partial charge in [0.05, 0.1) is 16.8 Å². The Morgan fingerprint density at radius 3 is 2.23 bits per heavy atom. The lowest BCUT2D eigenvalue weighted by molar-refractivity contribution is 0.240. The molecule has 5 rings (SSSR count). The fraction of sp³-hybridized carbons (Fsp3) is 0.435. The van der Waals surface area contributed by atoms with Crippen molar-refractivity contribution in [3.05, 3.63) is 48.8 Å². The van der Waals surface area contributed by atoms with Crippen molar-refractivity contribution >= 4 is 32.2 Å². The predicted molar refractivity (Wildman–Crippen MR) is 125 cm³/mol. The van der Waals surface area contributed by atoms with Crippen molar-refractivity contribution in [2.24, 2.45) is 0 Å². The van der Waals surface area contributed by atoms with E-state index in [0.29, 0.717) is 17.0 Å². The van der Waals surface area contributed by atoms with Gasteiger partial charge < -0.3 is 19.7 Å². The van der Waals surface area contributed by atoms with Gasteiger partial charge in [-0.1, -0.05) is 0 Å². The maximum atomic E-state index is 11.7. The van der Waals surface area contributed by atoms with Crippen LogP contribution in [0.5, 0.6) is 0 Å². The zero-order chi connectivity index (χ0) is 21.6. The minimum Gasteiger partial charge on any atom is -0.368 e. The summed E-state index contributed by atoms with van der Waals surface area (Å²) in [5.41, 5.74) is 3.31.